The largest absolute Gasteiger partial charge is 0.497 e. The highest BCUT2D eigenvalue weighted by Crippen LogP contribution is 2.32. The predicted octanol–water partition coefficient (Wildman–Crippen LogP) is 4.17. The number of aromatic nitrogens is 4. The maximum atomic E-state index is 5.49. The van der Waals surface area contributed by atoms with Crippen molar-refractivity contribution in [2.75, 3.05) is 19.5 Å². The van der Waals surface area contributed by atoms with E-state index in [2.05, 4.69) is 20.4 Å². The van der Waals surface area contributed by atoms with E-state index in [0.717, 1.165) is 34.1 Å². The Morgan fingerprint density at radius 1 is 0.929 bits per heavy atom. The molecule has 7 heteroatoms. The average molecular weight is 375 g/mol. The maximum absolute atomic E-state index is 5.49. The lowest BCUT2D eigenvalue weighted by Crippen LogP contribution is -2.04. The molecule has 0 radical (unpaired) electrons. The number of fused-ring (bicyclic) bond motifs is 1. The highest BCUT2D eigenvalue weighted by molar-refractivity contribution is 5.68. The van der Waals surface area contributed by atoms with Crippen LogP contribution in [0.4, 0.5) is 11.5 Å². The highest BCUT2D eigenvalue weighted by atomic mass is 16.5. The van der Waals surface area contributed by atoms with Crippen molar-refractivity contribution in [3.8, 4) is 22.9 Å². The van der Waals surface area contributed by atoms with E-state index >= 15 is 0 Å². The molecule has 0 unspecified atom stereocenters. The summed E-state index contributed by atoms with van der Waals surface area (Å²) in [5, 5.41) is 8.06. The first kappa shape index (κ1) is 17.8. The van der Waals surface area contributed by atoms with Crippen molar-refractivity contribution in [3.63, 3.8) is 0 Å². The van der Waals surface area contributed by atoms with Crippen molar-refractivity contribution in [1.82, 2.24) is 19.6 Å². The molecule has 4 rings (SSSR count). The third-order valence-electron chi connectivity index (χ3n) is 4.50. The van der Waals surface area contributed by atoms with E-state index in [1.807, 2.05) is 62.4 Å². The zero-order chi connectivity index (χ0) is 19.7. The lowest BCUT2D eigenvalue weighted by molar-refractivity contribution is 0.395. The molecule has 0 saturated heterocycles. The first-order valence-corrected chi connectivity index (χ1v) is 8.88. The minimum absolute atomic E-state index is 0.535. The molecule has 0 aliphatic heterocycles. The first-order valence-electron chi connectivity index (χ1n) is 8.88. The second kappa shape index (κ2) is 7.19. The Balaban J connectivity index is 1.81. The fourth-order valence-electron chi connectivity index (χ4n) is 3.05. The Bertz CT molecular complexity index is 1150. The van der Waals surface area contributed by atoms with Crippen LogP contribution in [-0.4, -0.2) is 33.8 Å². The van der Waals surface area contributed by atoms with Gasteiger partial charge in [-0.05, 0) is 31.5 Å². The normalized spacial score (nSPS) is 10.9. The van der Waals surface area contributed by atoms with E-state index in [1.54, 1.807) is 18.7 Å². The Kier molecular flexibility index (Phi) is 4.57. The molecule has 2 aromatic heterocycles. The smallest absolute Gasteiger partial charge is 0.254 e. The predicted molar refractivity (Wildman–Crippen MR) is 109 cm³/mol. The summed E-state index contributed by atoms with van der Waals surface area (Å²) in [5.41, 5.74) is 3.73. The minimum atomic E-state index is 0.535. The molecule has 0 spiro atoms. The third kappa shape index (κ3) is 3.22. The van der Waals surface area contributed by atoms with Crippen molar-refractivity contribution < 1.29 is 9.47 Å². The van der Waals surface area contributed by atoms with Gasteiger partial charge in [-0.1, -0.05) is 24.3 Å². The summed E-state index contributed by atoms with van der Waals surface area (Å²) in [6.45, 7) is 3.97. The fourth-order valence-corrected chi connectivity index (χ4v) is 3.05. The molecule has 2 heterocycles. The molecule has 28 heavy (non-hydrogen) atoms. The molecule has 0 amide bonds. The summed E-state index contributed by atoms with van der Waals surface area (Å²) in [4.78, 5) is 9.15. The van der Waals surface area contributed by atoms with Gasteiger partial charge in [-0.15, -0.1) is 5.10 Å². The monoisotopic (exact) mass is 375 g/mol. The van der Waals surface area contributed by atoms with Crippen molar-refractivity contribution >= 4 is 17.3 Å². The fraction of sp³-hybridized carbons (Fsp3) is 0.190. The van der Waals surface area contributed by atoms with Crippen LogP contribution in [0, 0.1) is 13.8 Å². The van der Waals surface area contributed by atoms with Gasteiger partial charge in [-0.25, -0.2) is 4.98 Å². The van der Waals surface area contributed by atoms with Crippen LogP contribution < -0.4 is 14.8 Å². The molecule has 0 bridgehead atoms. The third-order valence-corrected chi connectivity index (χ3v) is 4.50. The summed E-state index contributed by atoms with van der Waals surface area (Å²) in [7, 11) is 3.25. The number of hydrogen-bond acceptors (Lipinski definition) is 6. The number of benzene rings is 2. The van der Waals surface area contributed by atoms with Crippen LogP contribution in [0.25, 0.3) is 17.2 Å². The summed E-state index contributed by atoms with van der Waals surface area (Å²) >= 11 is 0. The topological polar surface area (TPSA) is 73.6 Å². The molecule has 2 aromatic carbocycles. The van der Waals surface area contributed by atoms with Gasteiger partial charge >= 0.3 is 0 Å². The quantitative estimate of drug-likeness (QED) is 0.564. The van der Waals surface area contributed by atoms with E-state index in [4.69, 9.17) is 9.47 Å². The van der Waals surface area contributed by atoms with Gasteiger partial charge in [0.15, 0.2) is 5.82 Å². The number of hydrogen-bond donors (Lipinski definition) is 1. The molecule has 0 saturated carbocycles. The molecule has 4 aromatic rings. The second-order valence-electron chi connectivity index (χ2n) is 6.44. The van der Waals surface area contributed by atoms with Gasteiger partial charge in [-0.2, -0.15) is 9.50 Å². The van der Waals surface area contributed by atoms with Gasteiger partial charge in [0.25, 0.3) is 5.78 Å². The molecule has 0 aliphatic carbocycles. The minimum Gasteiger partial charge on any atom is -0.497 e. The van der Waals surface area contributed by atoms with E-state index < -0.39 is 0 Å². The number of anilines is 2. The SMILES string of the molecule is COc1ccc(Nc2cc(C)nc3nc(-c4ccccc4C)nn23)c(OC)c1. The summed E-state index contributed by atoms with van der Waals surface area (Å²) in [6, 6.07) is 15.6. The molecular weight excluding hydrogens is 354 g/mol. The van der Waals surface area contributed by atoms with Crippen LogP contribution in [0.2, 0.25) is 0 Å². The number of nitrogens with zero attached hydrogens (tertiary/aromatic N) is 4. The highest BCUT2D eigenvalue weighted by Gasteiger charge is 2.14. The van der Waals surface area contributed by atoms with Crippen LogP contribution in [0.3, 0.4) is 0 Å². The standard InChI is InChI=1S/C21H21N5O2/c1-13-7-5-6-8-16(13)20-24-21-22-14(2)11-19(26(21)25-20)23-17-10-9-15(27-3)12-18(17)28-4/h5-12,23H,1-4H3. The van der Waals surface area contributed by atoms with Crippen LogP contribution in [-0.2, 0) is 0 Å². The van der Waals surface area contributed by atoms with Crippen molar-refractivity contribution in [2.45, 2.75) is 13.8 Å². The number of aryl methyl sites for hydroxylation is 2. The van der Waals surface area contributed by atoms with Crippen LogP contribution in [0.15, 0.2) is 48.5 Å². The zero-order valence-electron chi connectivity index (χ0n) is 16.2. The first-order chi connectivity index (χ1) is 13.6. The second-order valence-corrected chi connectivity index (χ2v) is 6.44. The van der Waals surface area contributed by atoms with E-state index in [0.29, 0.717) is 17.4 Å². The lowest BCUT2D eigenvalue weighted by Gasteiger charge is -2.13. The van der Waals surface area contributed by atoms with Crippen LogP contribution in [0.1, 0.15) is 11.3 Å². The van der Waals surface area contributed by atoms with Crippen molar-refractivity contribution in [3.05, 3.63) is 59.8 Å². The molecule has 1 N–H and O–H groups in total. The summed E-state index contributed by atoms with van der Waals surface area (Å²) in [6.07, 6.45) is 0. The van der Waals surface area contributed by atoms with E-state index in [9.17, 15) is 0 Å². The molecule has 0 atom stereocenters. The van der Waals surface area contributed by atoms with Gasteiger partial charge in [0.05, 0.1) is 19.9 Å². The molecule has 0 fully saturated rings. The van der Waals surface area contributed by atoms with Gasteiger partial charge in [0, 0.05) is 23.4 Å². The number of rotatable bonds is 5. The van der Waals surface area contributed by atoms with E-state index in [1.165, 1.54) is 0 Å². The Morgan fingerprint density at radius 3 is 2.50 bits per heavy atom. The Hall–Kier alpha value is -3.61. The summed E-state index contributed by atoms with van der Waals surface area (Å²) in [5.74, 6) is 3.31. The van der Waals surface area contributed by atoms with Crippen molar-refractivity contribution in [1.29, 1.82) is 0 Å². The maximum Gasteiger partial charge on any atom is 0.254 e. The Morgan fingerprint density at radius 2 is 1.75 bits per heavy atom. The number of nitrogens with one attached hydrogen (secondary N) is 1. The van der Waals surface area contributed by atoms with Gasteiger partial charge in [0.2, 0.25) is 0 Å². The average Bonchev–Trinajstić information content (AvgIpc) is 3.12. The van der Waals surface area contributed by atoms with Crippen LogP contribution in [0.5, 0.6) is 11.5 Å². The molecule has 0 aliphatic rings. The number of methoxy groups -OCH3 is 2. The van der Waals surface area contributed by atoms with Gasteiger partial charge < -0.3 is 14.8 Å². The molecule has 142 valence electrons. The van der Waals surface area contributed by atoms with Gasteiger partial charge in [0.1, 0.15) is 17.3 Å². The lowest BCUT2D eigenvalue weighted by atomic mass is 10.1. The zero-order valence-corrected chi connectivity index (χ0v) is 16.2. The van der Waals surface area contributed by atoms with Crippen LogP contribution >= 0.6 is 0 Å². The summed E-state index contributed by atoms with van der Waals surface area (Å²) < 4.78 is 12.5. The van der Waals surface area contributed by atoms with Crippen molar-refractivity contribution in [2.24, 2.45) is 0 Å². The van der Waals surface area contributed by atoms with Gasteiger partial charge in [-0.3, -0.25) is 0 Å². The molecular formula is C21H21N5O2. The molecule has 7 nitrogen and oxygen atoms in total. The number of ether oxygens (including phenoxy) is 2. The Labute approximate surface area is 163 Å². The van der Waals surface area contributed by atoms with E-state index in [-0.39, 0.29) is 0 Å².